The van der Waals surface area contributed by atoms with Crippen molar-refractivity contribution in [3.8, 4) is 11.4 Å². The average molecular weight is 282 g/mol. The number of H-pyrrole nitrogens is 1. The van der Waals surface area contributed by atoms with E-state index < -0.39 is 29.3 Å². The highest BCUT2D eigenvalue weighted by Gasteiger charge is 2.48. The Hall–Kier alpha value is -2.13. The summed E-state index contributed by atoms with van der Waals surface area (Å²) in [4.78, 5) is 6.92. The molecule has 2 heterocycles. The summed E-state index contributed by atoms with van der Waals surface area (Å²) < 4.78 is 75.8. The van der Waals surface area contributed by atoms with Crippen molar-refractivity contribution in [2.24, 2.45) is 0 Å². The molecule has 0 amide bonds. The van der Waals surface area contributed by atoms with E-state index in [1.54, 1.807) is 0 Å². The van der Waals surface area contributed by atoms with Crippen molar-refractivity contribution in [1.29, 1.82) is 0 Å². The molecule has 0 atom stereocenters. The molecule has 0 fully saturated rings. The predicted molar refractivity (Wildman–Crippen MR) is 49.6 cm³/mol. The number of aromatic amines is 1. The van der Waals surface area contributed by atoms with Gasteiger partial charge in [0.05, 0.1) is 5.69 Å². The molecule has 102 valence electrons. The molecular formula is C9H4F6N4. The molecule has 0 aliphatic heterocycles. The molecule has 2 aromatic rings. The van der Waals surface area contributed by atoms with Crippen molar-refractivity contribution in [1.82, 2.24) is 20.2 Å². The number of hydrogen-bond acceptors (Lipinski definition) is 3. The van der Waals surface area contributed by atoms with Crippen LogP contribution in [0.2, 0.25) is 0 Å². The average Bonchev–Trinajstić information content (AvgIpc) is 2.74. The summed E-state index contributed by atoms with van der Waals surface area (Å²) in [5.74, 6) is 0. The first-order valence-electron chi connectivity index (χ1n) is 4.70. The number of nitrogens with zero attached hydrogens (tertiary/aromatic N) is 3. The zero-order valence-electron chi connectivity index (χ0n) is 8.84. The van der Waals surface area contributed by atoms with E-state index in [9.17, 15) is 26.3 Å². The molecule has 0 saturated heterocycles. The van der Waals surface area contributed by atoms with E-state index >= 15 is 0 Å². The third kappa shape index (κ3) is 2.51. The fourth-order valence-electron chi connectivity index (χ4n) is 1.44. The molecular weight excluding hydrogens is 278 g/mol. The smallest absolute Gasteiger partial charge is 0.272 e. The third-order valence-corrected chi connectivity index (χ3v) is 2.16. The lowest BCUT2D eigenvalue weighted by Crippen LogP contribution is -2.16. The Labute approximate surface area is 101 Å². The van der Waals surface area contributed by atoms with Crippen LogP contribution in [0.4, 0.5) is 26.3 Å². The van der Waals surface area contributed by atoms with Crippen LogP contribution in [-0.2, 0) is 12.4 Å². The van der Waals surface area contributed by atoms with Gasteiger partial charge in [-0.2, -0.15) is 31.4 Å². The Morgan fingerprint density at radius 2 is 1.68 bits per heavy atom. The van der Waals surface area contributed by atoms with Gasteiger partial charge in [0.15, 0.2) is 5.69 Å². The summed E-state index contributed by atoms with van der Waals surface area (Å²) in [6, 6.07) is 1.03. The minimum absolute atomic E-state index is 0.353. The Morgan fingerprint density at radius 1 is 1.00 bits per heavy atom. The van der Waals surface area contributed by atoms with Crippen LogP contribution in [0.25, 0.3) is 11.4 Å². The van der Waals surface area contributed by atoms with Gasteiger partial charge in [0.1, 0.15) is 17.6 Å². The molecule has 4 nitrogen and oxygen atoms in total. The molecule has 0 bridgehead atoms. The number of rotatable bonds is 1. The first-order valence-corrected chi connectivity index (χ1v) is 4.70. The largest absolute Gasteiger partial charge is 0.433 e. The molecule has 10 heteroatoms. The van der Waals surface area contributed by atoms with Crippen LogP contribution in [0.3, 0.4) is 0 Å². The molecule has 0 saturated carbocycles. The first kappa shape index (κ1) is 13.3. The first-order chi connectivity index (χ1) is 8.71. The monoisotopic (exact) mass is 282 g/mol. The maximum atomic E-state index is 12.8. The number of alkyl halides is 6. The van der Waals surface area contributed by atoms with Gasteiger partial charge in [0.2, 0.25) is 0 Å². The van der Waals surface area contributed by atoms with Crippen molar-refractivity contribution in [2.45, 2.75) is 12.4 Å². The topological polar surface area (TPSA) is 54.5 Å². The van der Waals surface area contributed by atoms with E-state index in [4.69, 9.17) is 0 Å². The van der Waals surface area contributed by atoms with E-state index in [0.29, 0.717) is 0 Å². The van der Waals surface area contributed by atoms with Crippen molar-refractivity contribution in [3.05, 3.63) is 29.8 Å². The van der Waals surface area contributed by atoms with E-state index in [1.807, 2.05) is 0 Å². The van der Waals surface area contributed by atoms with Crippen LogP contribution < -0.4 is 0 Å². The van der Waals surface area contributed by atoms with E-state index in [1.165, 1.54) is 5.10 Å². The fourth-order valence-corrected chi connectivity index (χ4v) is 1.44. The van der Waals surface area contributed by atoms with Gasteiger partial charge < -0.3 is 0 Å². The minimum atomic E-state index is -5.21. The zero-order valence-corrected chi connectivity index (χ0v) is 8.84. The van der Waals surface area contributed by atoms with Gasteiger partial charge in [0.25, 0.3) is 0 Å². The van der Waals surface area contributed by atoms with Crippen LogP contribution in [0.1, 0.15) is 11.3 Å². The van der Waals surface area contributed by atoms with Gasteiger partial charge in [0, 0.05) is 6.20 Å². The van der Waals surface area contributed by atoms with Gasteiger partial charge in [-0.05, 0) is 6.07 Å². The SMILES string of the molecule is FC(F)(F)c1[nH]nc(-c2ccncn2)c1C(F)(F)F. The molecule has 0 aliphatic carbocycles. The molecule has 19 heavy (non-hydrogen) atoms. The predicted octanol–water partition coefficient (Wildman–Crippen LogP) is 2.90. The molecule has 0 radical (unpaired) electrons. The normalized spacial score (nSPS) is 12.7. The van der Waals surface area contributed by atoms with Gasteiger partial charge in [-0.3, -0.25) is 5.10 Å². The van der Waals surface area contributed by atoms with E-state index in [0.717, 1.165) is 18.6 Å². The highest BCUT2D eigenvalue weighted by molar-refractivity contribution is 5.60. The summed E-state index contributed by atoms with van der Waals surface area (Å²) in [5, 5.41) is 4.43. The van der Waals surface area contributed by atoms with Crippen molar-refractivity contribution in [3.63, 3.8) is 0 Å². The van der Waals surface area contributed by atoms with Gasteiger partial charge >= 0.3 is 12.4 Å². The molecule has 0 spiro atoms. The highest BCUT2D eigenvalue weighted by Crippen LogP contribution is 2.43. The van der Waals surface area contributed by atoms with Gasteiger partial charge in [-0.1, -0.05) is 0 Å². The molecule has 0 unspecified atom stereocenters. The van der Waals surface area contributed by atoms with Gasteiger partial charge in [-0.25, -0.2) is 9.97 Å². The lowest BCUT2D eigenvalue weighted by atomic mass is 10.1. The fraction of sp³-hybridized carbons (Fsp3) is 0.222. The van der Waals surface area contributed by atoms with E-state index in [2.05, 4.69) is 15.1 Å². The summed E-state index contributed by atoms with van der Waals surface area (Å²) in [7, 11) is 0. The van der Waals surface area contributed by atoms with Crippen LogP contribution in [0, 0.1) is 0 Å². The number of hydrogen-bond donors (Lipinski definition) is 1. The molecule has 1 N–H and O–H groups in total. The Bertz CT molecular complexity index is 571. The Balaban J connectivity index is 2.68. The maximum absolute atomic E-state index is 12.8. The summed E-state index contributed by atoms with van der Waals surface area (Å²) in [6.07, 6.45) is -8.39. The van der Waals surface area contributed by atoms with Crippen molar-refractivity contribution >= 4 is 0 Å². The second-order valence-electron chi connectivity index (χ2n) is 3.41. The summed E-state index contributed by atoms with van der Waals surface area (Å²) in [6.45, 7) is 0. The van der Waals surface area contributed by atoms with Crippen LogP contribution >= 0.6 is 0 Å². The second-order valence-corrected chi connectivity index (χ2v) is 3.41. The standard InChI is InChI=1S/C9H4F6N4/c10-8(11,12)5-6(4-1-2-16-3-17-4)18-19-7(5)9(13,14)15/h1-3H,(H,18,19). The Morgan fingerprint density at radius 3 is 2.16 bits per heavy atom. The molecule has 2 aromatic heterocycles. The lowest BCUT2D eigenvalue weighted by molar-refractivity contribution is -0.163. The second kappa shape index (κ2) is 4.21. The zero-order chi connectivity index (χ0) is 14.3. The van der Waals surface area contributed by atoms with Crippen LogP contribution in [-0.4, -0.2) is 20.2 Å². The van der Waals surface area contributed by atoms with Crippen molar-refractivity contribution in [2.75, 3.05) is 0 Å². The molecule has 0 aliphatic rings. The number of nitrogens with one attached hydrogen (secondary N) is 1. The van der Waals surface area contributed by atoms with Crippen molar-refractivity contribution < 1.29 is 26.3 Å². The molecule has 0 aromatic carbocycles. The number of halogens is 6. The maximum Gasteiger partial charge on any atom is 0.433 e. The number of aromatic nitrogens is 4. The highest BCUT2D eigenvalue weighted by atomic mass is 19.4. The Kier molecular flexibility index (Phi) is 2.95. The van der Waals surface area contributed by atoms with Crippen LogP contribution in [0.5, 0.6) is 0 Å². The quantitative estimate of drug-likeness (QED) is 0.818. The van der Waals surface area contributed by atoms with E-state index in [-0.39, 0.29) is 5.69 Å². The van der Waals surface area contributed by atoms with Gasteiger partial charge in [-0.15, -0.1) is 0 Å². The minimum Gasteiger partial charge on any atom is -0.272 e. The lowest BCUT2D eigenvalue weighted by Gasteiger charge is -2.11. The molecule has 2 rings (SSSR count). The summed E-state index contributed by atoms with van der Waals surface area (Å²) >= 11 is 0. The third-order valence-electron chi connectivity index (χ3n) is 2.16. The van der Waals surface area contributed by atoms with Crippen LogP contribution in [0.15, 0.2) is 18.6 Å². The summed E-state index contributed by atoms with van der Waals surface area (Å²) in [5.41, 5.74) is -5.11.